The molecule has 0 aliphatic carbocycles. The van der Waals surface area contributed by atoms with E-state index in [4.69, 9.17) is 10.2 Å². The second-order valence-electron chi connectivity index (χ2n) is 3.61. The number of hydrogen-bond acceptors (Lipinski definition) is 4. The van der Waals surface area contributed by atoms with E-state index >= 15 is 0 Å². The number of oxazole rings is 1. The molecule has 1 heterocycles. The van der Waals surface area contributed by atoms with E-state index in [0.717, 1.165) is 10.6 Å². The zero-order valence-corrected chi connectivity index (χ0v) is 10.3. The second-order valence-corrected chi connectivity index (χ2v) is 4.61. The van der Waals surface area contributed by atoms with Crippen LogP contribution in [0.4, 0.5) is 4.39 Å². The zero-order chi connectivity index (χ0) is 12.3. The summed E-state index contributed by atoms with van der Waals surface area (Å²) >= 11 is 1.32. The SMILES string of the molecule is Cc1coc(Sc2cccc(F)c2CCN)n1. The third kappa shape index (κ3) is 2.87. The number of aryl methyl sites for hydroxylation is 1. The van der Waals surface area contributed by atoms with Gasteiger partial charge in [-0.15, -0.1) is 0 Å². The van der Waals surface area contributed by atoms with Crippen LogP contribution >= 0.6 is 11.8 Å². The maximum Gasteiger partial charge on any atom is 0.260 e. The molecule has 1 aromatic heterocycles. The Morgan fingerprint density at radius 3 is 2.94 bits per heavy atom. The van der Waals surface area contributed by atoms with E-state index in [0.29, 0.717) is 23.8 Å². The van der Waals surface area contributed by atoms with Crippen LogP contribution in [-0.2, 0) is 6.42 Å². The number of nitrogens with zero attached hydrogens (tertiary/aromatic N) is 1. The summed E-state index contributed by atoms with van der Waals surface area (Å²) in [6, 6.07) is 4.96. The predicted octanol–water partition coefficient (Wildman–Crippen LogP) is 2.77. The summed E-state index contributed by atoms with van der Waals surface area (Å²) in [5, 5.41) is 0.520. The maximum atomic E-state index is 13.6. The lowest BCUT2D eigenvalue weighted by Gasteiger charge is -2.07. The van der Waals surface area contributed by atoms with Crippen molar-refractivity contribution in [3.63, 3.8) is 0 Å². The molecule has 0 unspecified atom stereocenters. The Bertz CT molecular complexity index is 513. The lowest BCUT2D eigenvalue weighted by molar-refractivity contribution is 0.454. The highest BCUT2D eigenvalue weighted by Gasteiger charge is 2.11. The molecule has 2 aromatic rings. The van der Waals surface area contributed by atoms with Gasteiger partial charge in [0, 0.05) is 10.5 Å². The smallest absolute Gasteiger partial charge is 0.260 e. The minimum absolute atomic E-state index is 0.233. The number of hydrogen-bond donors (Lipinski definition) is 1. The third-order valence-electron chi connectivity index (χ3n) is 2.27. The van der Waals surface area contributed by atoms with Crippen molar-refractivity contribution in [2.75, 3.05) is 6.54 Å². The van der Waals surface area contributed by atoms with E-state index in [-0.39, 0.29) is 5.82 Å². The topological polar surface area (TPSA) is 52.0 Å². The normalized spacial score (nSPS) is 10.8. The van der Waals surface area contributed by atoms with Gasteiger partial charge in [0.15, 0.2) is 0 Å². The summed E-state index contributed by atoms with van der Waals surface area (Å²) in [6.45, 7) is 2.26. The molecular weight excluding hydrogens is 239 g/mol. The van der Waals surface area contributed by atoms with Gasteiger partial charge in [-0.05, 0) is 43.8 Å². The summed E-state index contributed by atoms with van der Waals surface area (Å²) in [4.78, 5) is 4.98. The number of rotatable bonds is 4. The van der Waals surface area contributed by atoms with Crippen LogP contribution < -0.4 is 5.73 Å². The Hall–Kier alpha value is -1.33. The molecule has 1 aromatic carbocycles. The molecule has 2 N–H and O–H groups in total. The van der Waals surface area contributed by atoms with Gasteiger partial charge in [-0.2, -0.15) is 0 Å². The molecule has 17 heavy (non-hydrogen) atoms. The van der Waals surface area contributed by atoms with E-state index in [2.05, 4.69) is 4.98 Å². The fourth-order valence-corrected chi connectivity index (χ4v) is 2.44. The molecule has 0 bridgehead atoms. The molecule has 0 spiro atoms. The Morgan fingerprint density at radius 2 is 2.29 bits per heavy atom. The molecule has 2 rings (SSSR count). The van der Waals surface area contributed by atoms with Crippen molar-refractivity contribution in [2.45, 2.75) is 23.5 Å². The van der Waals surface area contributed by atoms with Gasteiger partial charge in [-0.1, -0.05) is 6.07 Å². The van der Waals surface area contributed by atoms with Crippen molar-refractivity contribution in [2.24, 2.45) is 5.73 Å². The summed E-state index contributed by atoms with van der Waals surface area (Å²) in [7, 11) is 0. The van der Waals surface area contributed by atoms with Gasteiger partial charge in [-0.3, -0.25) is 0 Å². The molecule has 0 fully saturated rings. The highest BCUT2D eigenvalue weighted by molar-refractivity contribution is 7.99. The van der Waals surface area contributed by atoms with Crippen LogP contribution in [0.1, 0.15) is 11.3 Å². The molecule has 0 saturated carbocycles. The number of nitrogens with two attached hydrogens (primary N) is 1. The highest BCUT2D eigenvalue weighted by Crippen LogP contribution is 2.31. The molecule has 3 nitrogen and oxygen atoms in total. The first-order valence-corrected chi connectivity index (χ1v) is 6.10. The van der Waals surface area contributed by atoms with Gasteiger partial charge < -0.3 is 10.2 Å². The fraction of sp³-hybridized carbons (Fsp3) is 0.250. The van der Waals surface area contributed by atoms with Gasteiger partial charge in [0.2, 0.25) is 0 Å². The van der Waals surface area contributed by atoms with Crippen molar-refractivity contribution < 1.29 is 8.81 Å². The fourth-order valence-electron chi connectivity index (χ4n) is 1.49. The van der Waals surface area contributed by atoms with Crippen molar-refractivity contribution in [1.29, 1.82) is 0 Å². The Labute approximate surface area is 103 Å². The van der Waals surface area contributed by atoms with Crippen molar-refractivity contribution in [3.8, 4) is 0 Å². The standard InChI is InChI=1S/C12H13FN2OS/c1-8-7-16-12(15-8)17-11-4-2-3-10(13)9(11)5-6-14/h2-4,7H,5-6,14H2,1H3. The quantitative estimate of drug-likeness (QED) is 0.909. The monoisotopic (exact) mass is 252 g/mol. The van der Waals surface area contributed by atoms with E-state index in [1.165, 1.54) is 17.8 Å². The molecule has 0 atom stereocenters. The van der Waals surface area contributed by atoms with E-state index in [1.54, 1.807) is 12.3 Å². The van der Waals surface area contributed by atoms with Crippen LogP contribution in [0.15, 0.2) is 39.0 Å². The van der Waals surface area contributed by atoms with Gasteiger partial charge in [0.1, 0.15) is 12.1 Å². The Balaban J connectivity index is 2.28. The molecule has 0 saturated heterocycles. The maximum absolute atomic E-state index is 13.6. The zero-order valence-electron chi connectivity index (χ0n) is 9.44. The summed E-state index contributed by atoms with van der Waals surface area (Å²) in [6.07, 6.45) is 2.08. The molecule has 5 heteroatoms. The van der Waals surface area contributed by atoms with Crippen molar-refractivity contribution >= 4 is 11.8 Å². The lowest BCUT2D eigenvalue weighted by Crippen LogP contribution is -2.05. The first-order valence-electron chi connectivity index (χ1n) is 5.28. The van der Waals surface area contributed by atoms with E-state index in [9.17, 15) is 4.39 Å². The average Bonchev–Trinajstić information content (AvgIpc) is 2.69. The van der Waals surface area contributed by atoms with Crippen LogP contribution in [0.3, 0.4) is 0 Å². The summed E-state index contributed by atoms with van der Waals surface area (Å²) < 4.78 is 18.9. The molecule has 0 amide bonds. The van der Waals surface area contributed by atoms with Crippen LogP contribution in [0.25, 0.3) is 0 Å². The largest absolute Gasteiger partial charge is 0.439 e. The first-order chi connectivity index (χ1) is 8.20. The Kier molecular flexibility index (Phi) is 3.81. The van der Waals surface area contributed by atoms with Crippen LogP contribution in [0.5, 0.6) is 0 Å². The minimum atomic E-state index is -0.233. The van der Waals surface area contributed by atoms with E-state index < -0.39 is 0 Å². The van der Waals surface area contributed by atoms with Gasteiger partial charge in [0.05, 0.1) is 5.69 Å². The molecule has 0 aliphatic heterocycles. The molecular formula is C12H13FN2OS. The molecule has 0 radical (unpaired) electrons. The van der Waals surface area contributed by atoms with E-state index in [1.807, 2.05) is 13.0 Å². The van der Waals surface area contributed by atoms with Crippen LogP contribution in [0, 0.1) is 12.7 Å². The highest BCUT2D eigenvalue weighted by atomic mass is 32.2. The summed E-state index contributed by atoms with van der Waals surface area (Å²) in [5.41, 5.74) is 6.91. The van der Waals surface area contributed by atoms with Gasteiger partial charge in [-0.25, -0.2) is 9.37 Å². The Morgan fingerprint density at radius 1 is 1.47 bits per heavy atom. The predicted molar refractivity (Wildman–Crippen MR) is 64.5 cm³/mol. The number of aromatic nitrogens is 1. The minimum Gasteiger partial charge on any atom is -0.439 e. The van der Waals surface area contributed by atoms with Crippen molar-refractivity contribution in [3.05, 3.63) is 41.5 Å². The number of benzene rings is 1. The van der Waals surface area contributed by atoms with Crippen LogP contribution in [0.2, 0.25) is 0 Å². The van der Waals surface area contributed by atoms with Crippen LogP contribution in [-0.4, -0.2) is 11.5 Å². The lowest BCUT2D eigenvalue weighted by atomic mass is 10.1. The van der Waals surface area contributed by atoms with Gasteiger partial charge >= 0.3 is 0 Å². The first kappa shape index (κ1) is 12.1. The number of halogens is 1. The van der Waals surface area contributed by atoms with Crippen molar-refractivity contribution in [1.82, 2.24) is 4.98 Å². The molecule has 0 aliphatic rings. The molecule has 90 valence electrons. The third-order valence-corrected chi connectivity index (χ3v) is 3.23. The summed E-state index contributed by atoms with van der Waals surface area (Å²) in [5.74, 6) is -0.233. The van der Waals surface area contributed by atoms with Gasteiger partial charge in [0.25, 0.3) is 5.22 Å². The second kappa shape index (κ2) is 5.33. The average molecular weight is 252 g/mol.